The fourth-order valence-corrected chi connectivity index (χ4v) is 1.56. The Labute approximate surface area is 112 Å². The fourth-order valence-electron chi connectivity index (χ4n) is 1.25. The number of nitrogens with one attached hydrogen (secondary N) is 1. The molecule has 0 atom stereocenters. The Morgan fingerprint density at radius 1 is 1.17 bits per heavy atom. The SMILES string of the molecule is O=C(Nc1ccc(Cl)nn1)c1cc(O)ccc1Cl. The van der Waals surface area contributed by atoms with E-state index >= 15 is 0 Å². The normalized spacial score (nSPS) is 10.1. The molecule has 18 heavy (non-hydrogen) atoms. The largest absolute Gasteiger partial charge is 0.508 e. The summed E-state index contributed by atoms with van der Waals surface area (Å²) in [5.74, 6) is -0.303. The Hall–Kier alpha value is -1.85. The average Bonchev–Trinajstić information content (AvgIpc) is 2.35. The minimum atomic E-state index is -0.493. The number of amides is 1. The fraction of sp³-hybridized carbons (Fsp3) is 0. The monoisotopic (exact) mass is 283 g/mol. The molecule has 0 aliphatic heterocycles. The van der Waals surface area contributed by atoms with Crippen LogP contribution in [0.3, 0.4) is 0 Å². The first-order valence-corrected chi connectivity index (χ1v) is 5.61. The summed E-state index contributed by atoms with van der Waals surface area (Å²) >= 11 is 11.4. The highest BCUT2D eigenvalue weighted by molar-refractivity contribution is 6.34. The molecule has 0 aliphatic rings. The van der Waals surface area contributed by atoms with Gasteiger partial charge in [-0.2, -0.15) is 0 Å². The van der Waals surface area contributed by atoms with Gasteiger partial charge in [-0.15, -0.1) is 10.2 Å². The van der Waals surface area contributed by atoms with E-state index in [-0.39, 0.29) is 27.3 Å². The van der Waals surface area contributed by atoms with Gasteiger partial charge in [0.25, 0.3) is 5.91 Å². The van der Waals surface area contributed by atoms with Gasteiger partial charge in [-0.1, -0.05) is 23.2 Å². The summed E-state index contributed by atoms with van der Waals surface area (Å²) in [5.41, 5.74) is 0.147. The standard InChI is InChI=1S/C11H7Cl2N3O2/c12-8-2-1-6(17)5-7(8)11(18)14-10-4-3-9(13)15-16-10/h1-5,17H,(H,14,16,18). The summed E-state index contributed by atoms with van der Waals surface area (Å²) < 4.78 is 0. The molecule has 2 N–H and O–H groups in total. The number of phenolic OH excluding ortho intramolecular Hbond substituents is 1. The van der Waals surface area contributed by atoms with Crippen LogP contribution in [0.1, 0.15) is 10.4 Å². The van der Waals surface area contributed by atoms with E-state index in [4.69, 9.17) is 23.2 Å². The number of aromatic nitrogens is 2. The quantitative estimate of drug-likeness (QED) is 0.889. The summed E-state index contributed by atoms with van der Waals surface area (Å²) in [7, 11) is 0. The maximum absolute atomic E-state index is 11.9. The number of carbonyl (C=O) groups is 1. The summed E-state index contributed by atoms with van der Waals surface area (Å²) in [5, 5.41) is 19.5. The predicted molar refractivity (Wildman–Crippen MR) is 68.1 cm³/mol. The van der Waals surface area contributed by atoms with Crippen LogP contribution in [0.25, 0.3) is 0 Å². The van der Waals surface area contributed by atoms with Crippen LogP contribution in [-0.4, -0.2) is 21.2 Å². The second-order valence-electron chi connectivity index (χ2n) is 3.36. The minimum Gasteiger partial charge on any atom is -0.508 e. The lowest BCUT2D eigenvalue weighted by atomic mass is 10.2. The molecule has 2 rings (SSSR count). The van der Waals surface area contributed by atoms with Crippen LogP contribution in [0.5, 0.6) is 5.75 Å². The van der Waals surface area contributed by atoms with Gasteiger partial charge in [0, 0.05) is 0 Å². The van der Waals surface area contributed by atoms with Gasteiger partial charge in [0.15, 0.2) is 11.0 Å². The molecule has 0 radical (unpaired) electrons. The van der Waals surface area contributed by atoms with Crippen molar-refractivity contribution in [1.29, 1.82) is 0 Å². The van der Waals surface area contributed by atoms with E-state index < -0.39 is 5.91 Å². The maximum Gasteiger partial charge on any atom is 0.258 e. The molecule has 1 amide bonds. The highest BCUT2D eigenvalue weighted by Gasteiger charge is 2.12. The number of halogens is 2. The molecule has 1 heterocycles. The molecular formula is C11H7Cl2N3O2. The maximum atomic E-state index is 11.9. The molecule has 1 aromatic carbocycles. The van der Waals surface area contributed by atoms with Crippen LogP contribution < -0.4 is 5.32 Å². The highest BCUT2D eigenvalue weighted by Crippen LogP contribution is 2.22. The van der Waals surface area contributed by atoms with Gasteiger partial charge in [0.1, 0.15) is 5.75 Å². The first-order chi connectivity index (χ1) is 8.56. The molecule has 0 bridgehead atoms. The summed E-state index contributed by atoms with van der Waals surface area (Å²) in [6.07, 6.45) is 0. The third-order valence-electron chi connectivity index (χ3n) is 2.07. The Balaban J connectivity index is 2.21. The second kappa shape index (κ2) is 5.20. The van der Waals surface area contributed by atoms with Gasteiger partial charge < -0.3 is 10.4 Å². The van der Waals surface area contributed by atoms with Gasteiger partial charge >= 0.3 is 0 Å². The van der Waals surface area contributed by atoms with E-state index in [1.165, 1.54) is 30.3 Å². The zero-order chi connectivity index (χ0) is 13.1. The van der Waals surface area contributed by atoms with E-state index in [1.807, 2.05) is 0 Å². The summed E-state index contributed by atoms with van der Waals surface area (Å²) in [4.78, 5) is 11.9. The highest BCUT2D eigenvalue weighted by atomic mass is 35.5. The van der Waals surface area contributed by atoms with Crippen molar-refractivity contribution in [2.24, 2.45) is 0 Å². The molecule has 0 unspecified atom stereocenters. The lowest BCUT2D eigenvalue weighted by Crippen LogP contribution is -2.13. The van der Waals surface area contributed by atoms with Crippen LogP contribution in [0.15, 0.2) is 30.3 Å². The smallest absolute Gasteiger partial charge is 0.258 e. The van der Waals surface area contributed by atoms with Crippen LogP contribution >= 0.6 is 23.2 Å². The van der Waals surface area contributed by atoms with Gasteiger partial charge in [-0.05, 0) is 30.3 Å². The lowest BCUT2D eigenvalue weighted by molar-refractivity contribution is 0.102. The number of nitrogens with zero attached hydrogens (tertiary/aromatic N) is 2. The number of benzene rings is 1. The zero-order valence-corrected chi connectivity index (χ0v) is 10.4. The van der Waals surface area contributed by atoms with Crippen molar-refractivity contribution in [3.8, 4) is 5.75 Å². The molecular weight excluding hydrogens is 277 g/mol. The van der Waals surface area contributed by atoms with E-state index in [2.05, 4.69) is 15.5 Å². The number of aromatic hydroxyl groups is 1. The Bertz CT molecular complexity index is 587. The summed E-state index contributed by atoms with van der Waals surface area (Å²) in [6.45, 7) is 0. The van der Waals surface area contributed by atoms with Gasteiger partial charge in [-0.3, -0.25) is 4.79 Å². The van der Waals surface area contributed by atoms with Crippen molar-refractivity contribution in [3.63, 3.8) is 0 Å². The van der Waals surface area contributed by atoms with Crippen molar-refractivity contribution >= 4 is 34.9 Å². The number of phenols is 1. The number of rotatable bonds is 2. The molecule has 1 aromatic heterocycles. The topological polar surface area (TPSA) is 75.1 Å². The first-order valence-electron chi connectivity index (χ1n) is 4.85. The molecule has 0 fully saturated rings. The number of hydrogen-bond donors (Lipinski definition) is 2. The Kier molecular flexibility index (Phi) is 3.64. The van der Waals surface area contributed by atoms with Crippen molar-refractivity contribution < 1.29 is 9.90 Å². The van der Waals surface area contributed by atoms with E-state index in [0.29, 0.717) is 0 Å². The molecule has 7 heteroatoms. The number of anilines is 1. The first kappa shape index (κ1) is 12.6. The molecule has 92 valence electrons. The Morgan fingerprint density at radius 3 is 2.61 bits per heavy atom. The van der Waals surface area contributed by atoms with Gasteiger partial charge in [0.05, 0.1) is 10.6 Å². The van der Waals surface area contributed by atoms with Crippen molar-refractivity contribution in [3.05, 3.63) is 46.1 Å². The lowest BCUT2D eigenvalue weighted by Gasteiger charge is -2.05. The van der Waals surface area contributed by atoms with E-state index in [9.17, 15) is 9.90 Å². The molecule has 5 nitrogen and oxygen atoms in total. The van der Waals surface area contributed by atoms with Crippen LogP contribution in [0.4, 0.5) is 5.82 Å². The zero-order valence-electron chi connectivity index (χ0n) is 8.89. The predicted octanol–water partition coefficient (Wildman–Crippen LogP) is 2.74. The Morgan fingerprint density at radius 2 is 1.94 bits per heavy atom. The van der Waals surface area contributed by atoms with E-state index in [1.54, 1.807) is 0 Å². The van der Waals surface area contributed by atoms with Gasteiger partial charge in [-0.25, -0.2) is 0 Å². The molecule has 2 aromatic rings. The molecule has 0 saturated carbocycles. The van der Waals surface area contributed by atoms with Crippen LogP contribution in [0, 0.1) is 0 Å². The van der Waals surface area contributed by atoms with Gasteiger partial charge in [0.2, 0.25) is 0 Å². The third kappa shape index (κ3) is 2.88. The molecule has 0 saturated heterocycles. The van der Waals surface area contributed by atoms with E-state index in [0.717, 1.165) is 0 Å². The number of hydrogen-bond acceptors (Lipinski definition) is 4. The van der Waals surface area contributed by atoms with Crippen LogP contribution in [-0.2, 0) is 0 Å². The van der Waals surface area contributed by atoms with Crippen molar-refractivity contribution in [2.75, 3.05) is 5.32 Å². The second-order valence-corrected chi connectivity index (χ2v) is 4.15. The van der Waals surface area contributed by atoms with Crippen molar-refractivity contribution in [2.45, 2.75) is 0 Å². The van der Waals surface area contributed by atoms with Crippen molar-refractivity contribution in [1.82, 2.24) is 10.2 Å². The third-order valence-corrected chi connectivity index (χ3v) is 2.60. The summed E-state index contributed by atoms with van der Waals surface area (Å²) in [6, 6.07) is 7.08. The molecule has 0 spiro atoms. The average molecular weight is 284 g/mol. The molecule has 0 aliphatic carbocycles. The minimum absolute atomic E-state index is 0.0493. The number of carbonyl (C=O) groups excluding carboxylic acids is 1. The van der Waals surface area contributed by atoms with Crippen LogP contribution in [0.2, 0.25) is 10.2 Å².